The van der Waals surface area contributed by atoms with Gasteiger partial charge < -0.3 is 8.83 Å². The van der Waals surface area contributed by atoms with E-state index in [2.05, 4.69) is 105 Å². The van der Waals surface area contributed by atoms with Crippen molar-refractivity contribution in [3.05, 3.63) is 89.7 Å². The van der Waals surface area contributed by atoms with Gasteiger partial charge in [-0.2, -0.15) is 10.2 Å². The standard InChI is InChI=1S/C38H27BN4O2/c1-18-31-34-25(16-23-21-10-6-8-12-29(21)44-36(23)31)39-26-17-24-22-11-7-9-13-30(22)45-37(24)32-19(2)41-43(35(26)32)28-15-20(38(3,4)5)14-27(33(28)39)42(34)40-18/h6-17H,1-5H3. The number of nitrogens with zero attached hydrogens (tertiary/aromatic N) is 4. The predicted octanol–water partition coefficient (Wildman–Crippen LogP) is 7.22. The van der Waals surface area contributed by atoms with Crippen LogP contribution in [0.2, 0.25) is 0 Å². The van der Waals surface area contributed by atoms with Gasteiger partial charge in [-0.25, -0.2) is 9.36 Å². The van der Waals surface area contributed by atoms with Gasteiger partial charge in [0, 0.05) is 21.5 Å². The number of fused-ring (bicyclic) bond motifs is 12. The molecular formula is C38H27BN4O2. The molecule has 0 radical (unpaired) electrons. The third-order valence-electron chi connectivity index (χ3n) is 10.4. The minimum Gasteiger partial charge on any atom is -0.455 e. The molecule has 9 aromatic rings. The molecule has 11 rings (SSSR count). The van der Waals surface area contributed by atoms with E-state index in [0.29, 0.717) is 0 Å². The van der Waals surface area contributed by atoms with Gasteiger partial charge in [0.05, 0.1) is 44.6 Å². The van der Waals surface area contributed by atoms with E-state index in [0.717, 1.165) is 88.4 Å². The molecule has 0 saturated heterocycles. The first-order chi connectivity index (χ1) is 21.8. The fraction of sp³-hybridized carbons (Fsp3) is 0.158. The van der Waals surface area contributed by atoms with Crippen LogP contribution < -0.4 is 16.4 Å². The summed E-state index contributed by atoms with van der Waals surface area (Å²) in [6.07, 6.45) is 0. The van der Waals surface area contributed by atoms with E-state index in [1.807, 2.05) is 12.1 Å². The number of furan rings is 2. The minimum atomic E-state index is -0.0738. The summed E-state index contributed by atoms with van der Waals surface area (Å²) in [6.45, 7) is 11.0. The molecule has 7 heteroatoms. The zero-order chi connectivity index (χ0) is 30.1. The Bertz CT molecular complexity index is 2650. The number of para-hydroxylation sites is 2. The average molecular weight is 582 g/mol. The van der Waals surface area contributed by atoms with Gasteiger partial charge in [-0.3, -0.25) is 0 Å². The Morgan fingerprint density at radius 1 is 0.622 bits per heavy atom. The molecule has 5 aromatic carbocycles. The van der Waals surface area contributed by atoms with Crippen molar-refractivity contribution in [1.82, 2.24) is 19.6 Å². The van der Waals surface area contributed by atoms with E-state index in [1.165, 1.54) is 22.0 Å². The van der Waals surface area contributed by atoms with Gasteiger partial charge in [0.15, 0.2) is 0 Å². The highest BCUT2D eigenvalue weighted by molar-refractivity contribution is 7.00. The number of hydrogen-bond acceptors (Lipinski definition) is 4. The van der Waals surface area contributed by atoms with Gasteiger partial charge >= 0.3 is 0 Å². The van der Waals surface area contributed by atoms with Crippen LogP contribution in [0.15, 0.2) is 81.6 Å². The van der Waals surface area contributed by atoms with Gasteiger partial charge in [0.2, 0.25) is 0 Å². The monoisotopic (exact) mass is 582 g/mol. The number of benzene rings is 5. The molecule has 0 unspecified atom stereocenters. The van der Waals surface area contributed by atoms with Crippen molar-refractivity contribution in [3.63, 3.8) is 0 Å². The maximum Gasteiger partial charge on any atom is 0.252 e. The lowest BCUT2D eigenvalue weighted by atomic mass is 9.34. The van der Waals surface area contributed by atoms with Crippen LogP contribution in [-0.4, -0.2) is 26.3 Å². The summed E-state index contributed by atoms with van der Waals surface area (Å²) in [5, 5.41) is 17.2. The van der Waals surface area contributed by atoms with Crippen molar-refractivity contribution in [2.45, 2.75) is 40.0 Å². The van der Waals surface area contributed by atoms with Crippen LogP contribution in [0.3, 0.4) is 0 Å². The van der Waals surface area contributed by atoms with Crippen LogP contribution in [0.1, 0.15) is 37.7 Å². The molecule has 0 saturated carbocycles. The molecule has 4 aromatic heterocycles. The molecule has 6 nitrogen and oxygen atoms in total. The molecule has 0 amide bonds. The lowest BCUT2D eigenvalue weighted by molar-refractivity contribution is 0.589. The highest BCUT2D eigenvalue weighted by atomic mass is 16.3. The quantitative estimate of drug-likeness (QED) is 0.177. The molecule has 2 aliphatic rings. The highest BCUT2D eigenvalue weighted by Gasteiger charge is 2.43. The lowest BCUT2D eigenvalue weighted by Crippen LogP contribution is -2.59. The lowest BCUT2D eigenvalue weighted by Gasteiger charge is -2.33. The van der Waals surface area contributed by atoms with Crippen molar-refractivity contribution in [2.75, 3.05) is 0 Å². The zero-order valence-electron chi connectivity index (χ0n) is 25.6. The van der Waals surface area contributed by atoms with Crippen molar-refractivity contribution < 1.29 is 8.83 Å². The Hall–Kier alpha value is -5.30. The molecule has 0 fully saturated rings. The molecular weight excluding hydrogens is 555 g/mol. The first-order valence-corrected chi connectivity index (χ1v) is 15.6. The molecule has 0 spiro atoms. The van der Waals surface area contributed by atoms with E-state index in [4.69, 9.17) is 19.0 Å². The van der Waals surface area contributed by atoms with Gasteiger partial charge in [0.25, 0.3) is 6.71 Å². The van der Waals surface area contributed by atoms with E-state index in [-0.39, 0.29) is 12.1 Å². The number of aryl methyl sites for hydroxylation is 2. The Morgan fingerprint density at radius 2 is 1.09 bits per heavy atom. The molecule has 214 valence electrons. The number of rotatable bonds is 0. The summed E-state index contributed by atoms with van der Waals surface area (Å²) in [7, 11) is 0. The Morgan fingerprint density at radius 3 is 1.56 bits per heavy atom. The molecule has 0 atom stereocenters. The summed E-state index contributed by atoms with van der Waals surface area (Å²) in [4.78, 5) is 0. The Balaban J connectivity index is 1.40. The summed E-state index contributed by atoms with van der Waals surface area (Å²) in [6, 6.07) is 26.2. The van der Waals surface area contributed by atoms with Crippen LogP contribution in [0.5, 0.6) is 0 Å². The van der Waals surface area contributed by atoms with E-state index in [9.17, 15) is 0 Å². The largest absolute Gasteiger partial charge is 0.455 e. The predicted molar refractivity (Wildman–Crippen MR) is 183 cm³/mol. The third kappa shape index (κ3) is 2.71. The highest BCUT2D eigenvalue weighted by Crippen LogP contribution is 2.41. The molecule has 0 N–H and O–H groups in total. The van der Waals surface area contributed by atoms with Gasteiger partial charge in [-0.05, 0) is 65.5 Å². The van der Waals surface area contributed by atoms with E-state index in [1.54, 1.807) is 0 Å². The summed E-state index contributed by atoms with van der Waals surface area (Å²) in [5.74, 6) is 0. The maximum atomic E-state index is 6.59. The molecule has 6 heterocycles. The number of hydrogen-bond donors (Lipinski definition) is 0. The van der Waals surface area contributed by atoms with Crippen LogP contribution in [-0.2, 0) is 5.41 Å². The topological polar surface area (TPSA) is 61.9 Å². The summed E-state index contributed by atoms with van der Waals surface area (Å²) >= 11 is 0. The van der Waals surface area contributed by atoms with Crippen molar-refractivity contribution >= 4 is 88.8 Å². The Labute approximate surface area is 257 Å². The normalized spacial score (nSPS) is 13.8. The minimum absolute atomic E-state index is 0.0163. The maximum absolute atomic E-state index is 6.59. The summed E-state index contributed by atoms with van der Waals surface area (Å²) < 4.78 is 17.5. The molecule has 0 bridgehead atoms. The Kier molecular flexibility index (Phi) is 4.01. The van der Waals surface area contributed by atoms with Gasteiger partial charge in [-0.15, -0.1) is 0 Å². The van der Waals surface area contributed by atoms with E-state index < -0.39 is 0 Å². The fourth-order valence-electron chi connectivity index (χ4n) is 8.34. The smallest absolute Gasteiger partial charge is 0.252 e. The van der Waals surface area contributed by atoms with Gasteiger partial charge in [0.1, 0.15) is 22.3 Å². The average Bonchev–Trinajstić information content (AvgIpc) is 3.77. The fourth-order valence-corrected chi connectivity index (χ4v) is 8.34. The first kappa shape index (κ1) is 24.1. The zero-order valence-corrected chi connectivity index (χ0v) is 25.6. The molecule has 0 aliphatic carbocycles. The molecule has 2 aliphatic heterocycles. The third-order valence-corrected chi connectivity index (χ3v) is 10.4. The summed E-state index contributed by atoms with van der Waals surface area (Å²) in [5.41, 5.74) is 15.0. The SMILES string of the molecule is Cc1nn2c3c(cc4c5ccccc5oc4c13)B1c3c-2cc(C(C)(C)C)cc3-n2nc(C)c3c4oc5ccccc5c4cc1c32. The van der Waals surface area contributed by atoms with Crippen LogP contribution >= 0.6 is 0 Å². The van der Waals surface area contributed by atoms with Crippen LogP contribution in [0.4, 0.5) is 0 Å². The van der Waals surface area contributed by atoms with Crippen LogP contribution in [0.25, 0.3) is 77.1 Å². The first-order valence-electron chi connectivity index (χ1n) is 15.6. The number of aromatic nitrogens is 4. The second kappa shape index (κ2) is 7.49. The van der Waals surface area contributed by atoms with Crippen molar-refractivity contribution in [1.29, 1.82) is 0 Å². The van der Waals surface area contributed by atoms with E-state index >= 15 is 0 Å². The second-order valence-corrected chi connectivity index (χ2v) is 13.9. The van der Waals surface area contributed by atoms with Crippen LogP contribution in [0, 0.1) is 13.8 Å². The van der Waals surface area contributed by atoms with Gasteiger partial charge in [-0.1, -0.05) is 69.3 Å². The van der Waals surface area contributed by atoms with Crippen molar-refractivity contribution in [3.8, 4) is 11.4 Å². The molecule has 45 heavy (non-hydrogen) atoms. The second-order valence-electron chi connectivity index (χ2n) is 13.9. The van der Waals surface area contributed by atoms with Crippen molar-refractivity contribution in [2.24, 2.45) is 0 Å².